The summed E-state index contributed by atoms with van der Waals surface area (Å²) < 4.78 is 1.61. The molecule has 3 aromatic rings. The first-order valence-electron chi connectivity index (χ1n) is 9.34. The van der Waals surface area contributed by atoms with Crippen molar-refractivity contribution < 1.29 is 4.79 Å². The molecule has 0 radical (unpaired) electrons. The van der Waals surface area contributed by atoms with E-state index in [-0.39, 0.29) is 22.8 Å². The molecule has 0 saturated heterocycles. The Morgan fingerprint density at radius 1 is 1.14 bits per heavy atom. The number of aromatic nitrogens is 2. The van der Waals surface area contributed by atoms with E-state index in [1.807, 2.05) is 70.2 Å². The maximum absolute atomic E-state index is 13.2. The number of aryl methyl sites for hydroxylation is 1. The number of carbonyl (C=O) groups is 1. The minimum absolute atomic E-state index is 0.0735. The van der Waals surface area contributed by atoms with E-state index in [9.17, 15) is 9.59 Å². The molecule has 0 fully saturated rings. The molecule has 146 valence electrons. The van der Waals surface area contributed by atoms with Gasteiger partial charge in [-0.3, -0.25) is 14.2 Å². The molecule has 0 aliphatic carbocycles. The van der Waals surface area contributed by atoms with E-state index in [1.54, 1.807) is 10.6 Å². The number of rotatable bonds is 6. The van der Waals surface area contributed by atoms with Crippen LogP contribution in [0.3, 0.4) is 0 Å². The van der Waals surface area contributed by atoms with Crippen molar-refractivity contribution in [1.82, 2.24) is 14.9 Å². The van der Waals surface area contributed by atoms with Gasteiger partial charge in [-0.25, -0.2) is 4.98 Å². The lowest BCUT2D eigenvalue weighted by Crippen LogP contribution is -2.43. The van der Waals surface area contributed by atoms with Crippen molar-refractivity contribution in [2.45, 2.75) is 44.8 Å². The average Bonchev–Trinajstić information content (AvgIpc) is 2.67. The molecule has 1 N–H and O–H groups in total. The summed E-state index contributed by atoms with van der Waals surface area (Å²) in [5.74, 6) is 0.121. The standard InChI is InChI=1S/C22H25N3O2S/c1-5-22(3,4)24-19(26)14-28-21-23-17-12-8-7-11-16(17)20(27)25(21)18-13-9-6-10-15(18)2/h6-13H,5,14H2,1-4H3,(H,24,26). The highest BCUT2D eigenvalue weighted by atomic mass is 32.2. The van der Waals surface area contributed by atoms with Crippen LogP contribution in [0.15, 0.2) is 58.5 Å². The number of benzene rings is 2. The van der Waals surface area contributed by atoms with E-state index in [2.05, 4.69) is 10.3 Å². The molecular formula is C22H25N3O2S. The van der Waals surface area contributed by atoms with Gasteiger partial charge in [0.15, 0.2) is 5.16 Å². The second-order valence-corrected chi connectivity index (χ2v) is 8.36. The molecule has 0 saturated carbocycles. The van der Waals surface area contributed by atoms with Crippen molar-refractivity contribution in [3.05, 3.63) is 64.4 Å². The molecule has 0 unspecified atom stereocenters. The first kappa shape index (κ1) is 20.1. The second kappa shape index (κ2) is 8.19. The third kappa shape index (κ3) is 4.28. The van der Waals surface area contributed by atoms with Crippen LogP contribution in [0.25, 0.3) is 16.6 Å². The smallest absolute Gasteiger partial charge is 0.266 e. The van der Waals surface area contributed by atoms with Gasteiger partial charge >= 0.3 is 0 Å². The molecular weight excluding hydrogens is 370 g/mol. The quantitative estimate of drug-likeness (QED) is 0.504. The van der Waals surface area contributed by atoms with Crippen molar-refractivity contribution in [3.63, 3.8) is 0 Å². The molecule has 0 spiro atoms. The lowest BCUT2D eigenvalue weighted by Gasteiger charge is -2.24. The van der Waals surface area contributed by atoms with Gasteiger partial charge in [-0.15, -0.1) is 0 Å². The number of carbonyl (C=O) groups excluding carboxylic acids is 1. The molecule has 0 aliphatic heterocycles. The highest BCUT2D eigenvalue weighted by Crippen LogP contribution is 2.23. The molecule has 1 aromatic heterocycles. The number of hydrogen-bond donors (Lipinski definition) is 1. The largest absolute Gasteiger partial charge is 0.351 e. The van der Waals surface area contributed by atoms with E-state index >= 15 is 0 Å². The normalized spacial score (nSPS) is 11.6. The number of fused-ring (bicyclic) bond motifs is 1. The Bertz CT molecular complexity index is 1070. The number of thioether (sulfide) groups is 1. The van der Waals surface area contributed by atoms with Crippen molar-refractivity contribution in [2.75, 3.05) is 5.75 Å². The van der Waals surface area contributed by atoms with Gasteiger partial charge in [0.1, 0.15) is 0 Å². The van der Waals surface area contributed by atoms with Gasteiger partial charge in [0, 0.05) is 5.54 Å². The van der Waals surface area contributed by atoms with Crippen LogP contribution in [-0.4, -0.2) is 26.8 Å². The lowest BCUT2D eigenvalue weighted by molar-refractivity contribution is -0.120. The first-order chi connectivity index (χ1) is 13.3. The molecule has 1 heterocycles. The van der Waals surface area contributed by atoms with Gasteiger partial charge < -0.3 is 5.32 Å². The Labute approximate surface area is 169 Å². The molecule has 0 bridgehead atoms. The van der Waals surface area contributed by atoms with Gasteiger partial charge in [-0.2, -0.15) is 0 Å². The molecule has 1 amide bonds. The Morgan fingerprint density at radius 2 is 1.82 bits per heavy atom. The third-order valence-corrected chi connectivity index (χ3v) is 5.73. The second-order valence-electron chi connectivity index (χ2n) is 7.41. The zero-order valence-corrected chi connectivity index (χ0v) is 17.5. The summed E-state index contributed by atoms with van der Waals surface area (Å²) in [4.78, 5) is 30.3. The average molecular weight is 396 g/mol. The summed E-state index contributed by atoms with van der Waals surface area (Å²) in [5, 5.41) is 4.10. The van der Waals surface area contributed by atoms with Crippen LogP contribution in [0.2, 0.25) is 0 Å². The number of hydrogen-bond acceptors (Lipinski definition) is 4. The van der Waals surface area contributed by atoms with Crippen LogP contribution in [-0.2, 0) is 4.79 Å². The number of nitrogens with zero attached hydrogens (tertiary/aromatic N) is 2. The molecule has 6 heteroatoms. The van der Waals surface area contributed by atoms with Crippen LogP contribution in [0.1, 0.15) is 32.8 Å². The first-order valence-corrected chi connectivity index (χ1v) is 10.3. The number of para-hydroxylation sites is 2. The predicted octanol–water partition coefficient (Wildman–Crippen LogP) is 4.09. The monoisotopic (exact) mass is 395 g/mol. The van der Waals surface area contributed by atoms with Gasteiger partial charge in [0.2, 0.25) is 5.91 Å². The maximum atomic E-state index is 13.2. The van der Waals surface area contributed by atoms with E-state index in [1.165, 1.54) is 11.8 Å². The van der Waals surface area contributed by atoms with Crippen molar-refractivity contribution in [3.8, 4) is 5.69 Å². The molecule has 3 rings (SSSR count). The maximum Gasteiger partial charge on any atom is 0.266 e. The minimum Gasteiger partial charge on any atom is -0.351 e. The number of amides is 1. The van der Waals surface area contributed by atoms with Crippen LogP contribution < -0.4 is 10.9 Å². The molecule has 0 aliphatic rings. The van der Waals surface area contributed by atoms with Gasteiger partial charge in [0.05, 0.1) is 22.3 Å². The summed E-state index contributed by atoms with van der Waals surface area (Å²) in [6.45, 7) is 7.98. The predicted molar refractivity (Wildman–Crippen MR) is 115 cm³/mol. The van der Waals surface area contributed by atoms with Crippen LogP contribution in [0.5, 0.6) is 0 Å². The molecule has 5 nitrogen and oxygen atoms in total. The van der Waals surface area contributed by atoms with Gasteiger partial charge in [-0.05, 0) is 51.0 Å². The summed E-state index contributed by atoms with van der Waals surface area (Å²) in [6, 6.07) is 15.0. The summed E-state index contributed by atoms with van der Waals surface area (Å²) >= 11 is 1.28. The fraction of sp³-hybridized carbons (Fsp3) is 0.318. The zero-order chi connectivity index (χ0) is 20.3. The van der Waals surface area contributed by atoms with Crippen LogP contribution >= 0.6 is 11.8 Å². The van der Waals surface area contributed by atoms with Crippen LogP contribution in [0.4, 0.5) is 0 Å². The Hall–Kier alpha value is -2.60. The van der Waals surface area contributed by atoms with Gasteiger partial charge in [0.25, 0.3) is 5.56 Å². The van der Waals surface area contributed by atoms with E-state index in [4.69, 9.17) is 0 Å². The lowest BCUT2D eigenvalue weighted by atomic mass is 10.0. The van der Waals surface area contributed by atoms with E-state index in [0.29, 0.717) is 16.1 Å². The minimum atomic E-state index is -0.260. The topological polar surface area (TPSA) is 64.0 Å². The van der Waals surface area contributed by atoms with E-state index in [0.717, 1.165) is 17.7 Å². The molecule has 2 aromatic carbocycles. The Balaban J connectivity index is 2.04. The van der Waals surface area contributed by atoms with Crippen LogP contribution in [0, 0.1) is 6.92 Å². The summed E-state index contributed by atoms with van der Waals surface area (Å²) in [6.07, 6.45) is 0.839. The van der Waals surface area contributed by atoms with Crippen molar-refractivity contribution in [2.24, 2.45) is 0 Å². The van der Waals surface area contributed by atoms with Crippen molar-refractivity contribution >= 4 is 28.6 Å². The third-order valence-electron chi connectivity index (χ3n) is 4.80. The number of nitrogens with one attached hydrogen (secondary N) is 1. The van der Waals surface area contributed by atoms with Crippen molar-refractivity contribution in [1.29, 1.82) is 0 Å². The molecule has 28 heavy (non-hydrogen) atoms. The SMILES string of the molecule is CCC(C)(C)NC(=O)CSc1nc2ccccc2c(=O)n1-c1ccccc1C. The highest BCUT2D eigenvalue weighted by Gasteiger charge is 2.20. The fourth-order valence-corrected chi connectivity index (χ4v) is 3.67. The zero-order valence-electron chi connectivity index (χ0n) is 16.7. The van der Waals surface area contributed by atoms with E-state index < -0.39 is 0 Å². The fourth-order valence-electron chi connectivity index (χ4n) is 2.87. The Morgan fingerprint density at radius 3 is 2.54 bits per heavy atom. The van der Waals surface area contributed by atoms with Gasteiger partial charge in [-0.1, -0.05) is 49.0 Å². The summed E-state index contributed by atoms with van der Waals surface area (Å²) in [7, 11) is 0. The Kier molecular flexibility index (Phi) is 5.89. The summed E-state index contributed by atoms with van der Waals surface area (Å²) in [5.41, 5.74) is 2.00. The molecule has 0 atom stereocenters. The highest BCUT2D eigenvalue weighted by molar-refractivity contribution is 7.99.